The first-order valence-corrected chi connectivity index (χ1v) is 13.5. The van der Waals surface area contributed by atoms with Crippen molar-refractivity contribution in [2.24, 2.45) is 45.3 Å². The number of aliphatic hydroxyl groups excluding tert-OH is 1. The minimum absolute atomic E-state index is 0.0878. The van der Waals surface area contributed by atoms with Crippen LogP contribution in [0.25, 0.3) is 0 Å². The molecule has 0 amide bonds. The Balaban J connectivity index is 1.71. The Morgan fingerprint density at radius 1 is 1.18 bits per heavy atom. The number of carbonyl (C=O) groups is 2. The predicted octanol–water partition coefficient (Wildman–Crippen LogP) is 6.58. The van der Waals surface area contributed by atoms with Crippen molar-refractivity contribution in [1.82, 2.24) is 0 Å². The smallest absolute Gasteiger partial charge is 0.306 e. The van der Waals surface area contributed by atoms with Crippen molar-refractivity contribution >= 4 is 11.8 Å². The highest BCUT2D eigenvalue weighted by Crippen LogP contribution is 2.73. The van der Waals surface area contributed by atoms with Crippen LogP contribution in [-0.2, 0) is 9.59 Å². The predicted molar refractivity (Wildman–Crippen MR) is 135 cm³/mol. The summed E-state index contributed by atoms with van der Waals surface area (Å²) in [6.45, 7) is 15.4. The normalized spacial score (nSPS) is 43.8. The zero-order valence-electron chi connectivity index (χ0n) is 22.4. The summed E-state index contributed by atoms with van der Waals surface area (Å²) in [7, 11) is 0. The van der Waals surface area contributed by atoms with Crippen molar-refractivity contribution in [2.75, 3.05) is 0 Å². The summed E-state index contributed by atoms with van der Waals surface area (Å²) in [5.41, 5.74) is 2.01. The quantitative estimate of drug-likeness (QED) is 0.445. The molecular weight excluding hydrogens is 424 g/mol. The van der Waals surface area contributed by atoms with E-state index in [2.05, 4.69) is 46.8 Å². The number of hydrogen-bond donors (Lipinski definition) is 2. The lowest BCUT2D eigenvalue weighted by atomic mass is 9.41. The molecule has 0 aromatic heterocycles. The average Bonchev–Trinajstić information content (AvgIpc) is 2.94. The lowest BCUT2D eigenvalue weighted by Crippen LogP contribution is -2.57. The molecule has 0 aromatic rings. The molecule has 2 N–H and O–H groups in total. The Morgan fingerprint density at radius 2 is 1.85 bits per heavy atom. The molecule has 3 fully saturated rings. The molecule has 4 heteroatoms. The van der Waals surface area contributed by atoms with Crippen LogP contribution < -0.4 is 0 Å². The highest BCUT2D eigenvalue weighted by atomic mass is 16.4. The fraction of sp³-hybridized carbons (Fsp3) is 0.800. The molecule has 0 heterocycles. The van der Waals surface area contributed by atoms with E-state index in [1.54, 1.807) is 0 Å². The van der Waals surface area contributed by atoms with Gasteiger partial charge in [-0.25, -0.2) is 0 Å². The number of ketones is 1. The van der Waals surface area contributed by atoms with E-state index in [9.17, 15) is 19.8 Å². The van der Waals surface area contributed by atoms with E-state index in [1.807, 2.05) is 13.8 Å². The molecule has 3 saturated carbocycles. The third-order valence-electron chi connectivity index (χ3n) is 11.4. The van der Waals surface area contributed by atoms with Crippen LogP contribution in [0.15, 0.2) is 23.3 Å². The second kappa shape index (κ2) is 8.32. The van der Waals surface area contributed by atoms with Gasteiger partial charge in [-0.1, -0.05) is 57.9 Å². The Bertz CT molecular complexity index is 924. The summed E-state index contributed by atoms with van der Waals surface area (Å²) in [4.78, 5) is 25.3. The summed E-state index contributed by atoms with van der Waals surface area (Å²) in [6, 6.07) is 0. The molecule has 190 valence electrons. The fourth-order valence-corrected chi connectivity index (χ4v) is 9.34. The van der Waals surface area contributed by atoms with Gasteiger partial charge in [0.25, 0.3) is 0 Å². The Kier molecular flexibility index (Phi) is 6.28. The van der Waals surface area contributed by atoms with Gasteiger partial charge in [-0.05, 0) is 86.9 Å². The molecule has 4 aliphatic carbocycles. The van der Waals surface area contributed by atoms with Crippen LogP contribution in [0.3, 0.4) is 0 Å². The number of allylic oxidation sites excluding steroid dienone is 4. The van der Waals surface area contributed by atoms with Gasteiger partial charge in [0.05, 0.1) is 12.0 Å². The zero-order chi connectivity index (χ0) is 25.3. The number of aliphatic hydroxyl groups is 1. The molecule has 0 saturated heterocycles. The summed E-state index contributed by atoms with van der Waals surface area (Å²) in [5, 5.41) is 21.7. The van der Waals surface area contributed by atoms with Crippen molar-refractivity contribution in [3.63, 3.8) is 0 Å². The standard InChI is InChI=1S/C30H46O4/c1-18(2)9-8-10-19(26(33)34)25-22(31)17-30(7)21-11-12-23-27(3,4)24(32)14-15-28(23,5)20(21)13-16-29(25,30)6/h9,11,19-20,22-23,25,31H,8,10,12-17H2,1-7H3,(H,33,34)/t19-,20+,22+,23-,25-,28-,29+,30-/m1/s1. The van der Waals surface area contributed by atoms with Crippen LogP contribution in [-0.4, -0.2) is 28.1 Å². The number of Topliss-reactive ketones (excluding diaryl/α,β-unsaturated/α-hetero) is 1. The lowest BCUT2D eigenvalue weighted by Gasteiger charge is -2.63. The van der Waals surface area contributed by atoms with E-state index < -0.39 is 18.0 Å². The first-order valence-electron chi connectivity index (χ1n) is 13.5. The fourth-order valence-electron chi connectivity index (χ4n) is 9.34. The van der Waals surface area contributed by atoms with E-state index >= 15 is 0 Å². The van der Waals surface area contributed by atoms with Crippen molar-refractivity contribution in [2.45, 2.75) is 106 Å². The van der Waals surface area contributed by atoms with Crippen LogP contribution in [0, 0.1) is 45.3 Å². The monoisotopic (exact) mass is 470 g/mol. The number of aliphatic carboxylic acids is 1. The van der Waals surface area contributed by atoms with Crippen LogP contribution in [0.4, 0.5) is 0 Å². The third-order valence-corrected chi connectivity index (χ3v) is 11.4. The molecule has 0 spiro atoms. The second-order valence-corrected chi connectivity index (χ2v) is 13.5. The van der Waals surface area contributed by atoms with Crippen molar-refractivity contribution in [3.05, 3.63) is 23.3 Å². The number of carboxylic acid groups (broad SMARTS) is 1. The lowest BCUT2D eigenvalue weighted by molar-refractivity contribution is -0.151. The maximum Gasteiger partial charge on any atom is 0.306 e. The average molecular weight is 471 g/mol. The summed E-state index contributed by atoms with van der Waals surface area (Å²) in [5.74, 6) is -0.380. The van der Waals surface area contributed by atoms with Crippen LogP contribution in [0.5, 0.6) is 0 Å². The number of fused-ring (bicyclic) bond motifs is 5. The van der Waals surface area contributed by atoms with Gasteiger partial charge in [-0.2, -0.15) is 0 Å². The third kappa shape index (κ3) is 3.49. The van der Waals surface area contributed by atoms with Gasteiger partial charge in [-0.3, -0.25) is 9.59 Å². The van der Waals surface area contributed by atoms with Gasteiger partial charge in [-0.15, -0.1) is 0 Å². The van der Waals surface area contributed by atoms with Gasteiger partial charge in [0.2, 0.25) is 0 Å². The van der Waals surface area contributed by atoms with E-state index in [4.69, 9.17) is 0 Å². The Hall–Kier alpha value is -1.42. The Labute approximate surface area is 206 Å². The summed E-state index contributed by atoms with van der Waals surface area (Å²) >= 11 is 0. The van der Waals surface area contributed by atoms with Crippen LogP contribution in [0.1, 0.15) is 99.8 Å². The molecule has 4 nitrogen and oxygen atoms in total. The molecule has 0 aliphatic heterocycles. The molecule has 8 atom stereocenters. The van der Waals surface area contributed by atoms with Gasteiger partial charge in [0, 0.05) is 17.8 Å². The maximum atomic E-state index is 12.8. The van der Waals surface area contributed by atoms with Gasteiger partial charge in [0.1, 0.15) is 5.78 Å². The first kappa shape index (κ1) is 25.7. The minimum Gasteiger partial charge on any atom is -0.481 e. The first-order chi connectivity index (χ1) is 15.7. The zero-order valence-corrected chi connectivity index (χ0v) is 22.4. The largest absolute Gasteiger partial charge is 0.481 e. The molecule has 34 heavy (non-hydrogen) atoms. The molecule has 0 unspecified atom stereocenters. The topological polar surface area (TPSA) is 74.6 Å². The highest BCUT2D eigenvalue weighted by molar-refractivity contribution is 5.85. The van der Waals surface area contributed by atoms with E-state index in [0.29, 0.717) is 36.9 Å². The SMILES string of the molecule is CC(C)=CCC[C@@H](C(=O)O)[C@@H]1[C@@H](O)C[C@]2(C)C3=CC[C@@H]4C(C)(C)C(=O)CC[C@]4(C)[C@H]3CC[C@@]12C. The molecule has 0 aromatic carbocycles. The van der Waals surface area contributed by atoms with Gasteiger partial charge in [0.15, 0.2) is 0 Å². The van der Waals surface area contributed by atoms with Crippen molar-refractivity contribution in [3.8, 4) is 0 Å². The second-order valence-electron chi connectivity index (χ2n) is 13.5. The Morgan fingerprint density at radius 3 is 2.47 bits per heavy atom. The number of carbonyl (C=O) groups excluding carboxylic acids is 1. The molecule has 4 rings (SSSR count). The minimum atomic E-state index is -0.768. The molecule has 0 bridgehead atoms. The maximum absolute atomic E-state index is 12.8. The molecule has 4 aliphatic rings. The number of carboxylic acids is 1. The van der Waals surface area contributed by atoms with Gasteiger partial charge >= 0.3 is 5.97 Å². The summed E-state index contributed by atoms with van der Waals surface area (Å²) < 4.78 is 0. The van der Waals surface area contributed by atoms with E-state index in [-0.39, 0.29) is 27.6 Å². The highest BCUT2D eigenvalue weighted by Gasteiger charge is 2.68. The summed E-state index contributed by atoms with van der Waals surface area (Å²) in [6.07, 6.45) is 10.4. The molecular formula is C30H46O4. The van der Waals surface area contributed by atoms with Crippen molar-refractivity contribution < 1.29 is 19.8 Å². The van der Waals surface area contributed by atoms with Crippen LogP contribution >= 0.6 is 0 Å². The number of rotatable bonds is 5. The van der Waals surface area contributed by atoms with Crippen molar-refractivity contribution in [1.29, 1.82) is 0 Å². The van der Waals surface area contributed by atoms with E-state index in [1.165, 1.54) is 11.1 Å². The number of hydrogen-bond acceptors (Lipinski definition) is 3. The van der Waals surface area contributed by atoms with Crippen LogP contribution in [0.2, 0.25) is 0 Å². The van der Waals surface area contributed by atoms with E-state index in [0.717, 1.165) is 32.1 Å². The van der Waals surface area contributed by atoms with Gasteiger partial charge < -0.3 is 10.2 Å². The molecule has 0 radical (unpaired) electrons.